The maximum absolute atomic E-state index is 13.3. The Morgan fingerprint density at radius 1 is 1.44 bits per heavy atom. The van der Waals surface area contributed by atoms with E-state index in [0.29, 0.717) is 12.0 Å². The monoisotopic (exact) mass is 225 g/mol. The van der Waals surface area contributed by atoms with Crippen molar-refractivity contribution in [2.45, 2.75) is 32.2 Å². The summed E-state index contributed by atoms with van der Waals surface area (Å²) >= 11 is 0. The normalized spacial score (nSPS) is 12.5. The van der Waals surface area contributed by atoms with Gasteiger partial charge in [0.1, 0.15) is 11.6 Å². The fourth-order valence-electron chi connectivity index (χ4n) is 1.50. The van der Waals surface area contributed by atoms with Gasteiger partial charge < -0.3 is 5.73 Å². The smallest absolute Gasteiger partial charge is 0.129 e. The zero-order valence-corrected chi connectivity index (χ0v) is 9.47. The van der Waals surface area contributed by atoms with Crippen molar-refractivity contribution in [1.29, 1.82) is 0 Å². The molecule has 1 unspecified atom stereocenters. The Kier molecular flexibility index (Phi) is 4.62. The number of halogens is 2. The second-order valence-corrected chi connectivity index (χ2v) is 4.20. The molecule has 0 radical (unpaired) electrons. The van der Waals surface area contributed by atoms with Crippen molar-refractivity contribution in [1.82, 2.24) is 0 Å². The molecule has 0 saturated carbocycles. The molecule has 0 amide bonds. The second kappa shape index (κ2) is 5.75. The molecule has 16 heavy (non-hydrogen) atoms. The topological polar surface area (TPSA) is 26.0 Å². The second-order valence-electron chi connectivity index (χ2n) is 4.20. The summed E-state index contributed by atoms with van der Waals surface area (Å²) in [5, 5.41) is 0. The van der Waals surface area contributed by atoms with Crippen LogP contribution in [0.15, 0.2) is 30.4 Å². The van der Waals surface area contributed by atoms with Crippen molar-refractivity contribution in [2.75, 3.05) is 0 Å². The predicted molar refractivity (Wildman–Crippen MR) is 62.1 cm³/mol. The molecular weight excluding hydrogens is 208 g/mol. The van der Waals surface area contributed by atoms with Gasteiger partial charge in [0.2, 0.25) is 0 Å². The molecule has 0 fully saturated rings. The van der Waals surface area contributed by atoms with E-state index >= 15 is 0 Å². The first-order chi connectivity index (χ1) is 7.49. The third-order valence-corrected chi connectivity index (χ3v) is 2.44. The van der Waals surface area contributed by atoms with E-state index in [2.05, 4.69) is 6.58 Å². The first-order valence-electron chi connectivity index (χ1n) is 5.33. The van der Waals surface area contributed by atoms with Crippen molar-refractivity contribution in [3.63, 3.8) is 0 Å². The van der Waals surface area contributed by atoms with E-state index in [1.54, 1.807) is 0 Å². The Morgan fingerprint density at radius 3 is 2.69 bits per heavy atom. The van der Waals surface area contributed by atoms with Crippen LogP contribution in [0.2, 0.25) is 0 Å². The van der Waals surface area contributed by atoms with Crippen molar-refractivity contribution >= 4 is 0 Å². The highest BCUT2D eigenvalue weighted by Crippen LogP contribution is 2.13. The van der Waals surface area contributed by atoms with Crippen molar-refractivity contribution in [3.8, 4) is 0 Å². The average molecular weight is 225 g/mol. The first kappa shape index (κ1) is 12.8. The summed E-state index contributed by atoms with van der Waals surface area (Å²) < 4.78 is 26.0. The van der Waals surface area contributed by atoms with Crippen LogP contribution in [0.25, 0.3) is 0 Å². The summed E-state index contributed by atoms with van der Waals surface area (Å²) in [6.45, 7) is 5.72. The van der Waals surface area contributed by atoms with Crippen molar-refractivity contribution in [3.05, 3.63) is 47.5 Å². The number of nitrogens with two attached hydrogens (primary N) is 1. The van der Waals surface area contributed by atoms with Crippen LogP contribution in [0.4, 0.5) is 8.78 Å². The van der Waals surface area contributed by atoms with E-state index in [1.165, 1.54) is 12.1 Å². The quantitative estimate of drug-likeness (QED) is 0.765. The first-order valence-corrected chi connectivity index (χ1v) is 5.33. The minimum absolute atomic E-state index is 0.114. The molecule has 0 heterocycles. The maximum Gasteiger partial charge on any atom is 0.129 e. The van der Waals surface area contributed by atoms with E-state index in [9.17, 15) is 8.78 Å². The van der Waals surface area contributed by atoms with E-state index in [-0.39, 0.29) is 6.04 Å². The summed E-state index contributed by atoms with van der Waals surface area (Å²) in [4.78, 5) is 0. The fraction of sp³-hybridized carbons (Fsp3) is 0.385. The van der Waals surface area contributed by atoms with E-state index in [1.807, 2.05) is 6.92 Å². The van der Waals surface area contributed by atoms with Gasteiger partial charge >= 0.3 is 0 Å². The molecule has 0 spiro atoms. The Bertz CT molecular complexity index is 374. The van der Waals surface area contributed by atoms with Gasteiger partial charge in [-0.15, -0.1) is 6.58 Å². The third-order valence-electron chi connectivity index (χ3n) is 2.44. The lowest BCUT2D eigenvalue weighted by Crippen LogP contribution is -2.23. The molecule has 0 aromatic heterocycles. The SMILES string of the molecule is C=C(C)CCC(N)Cc1ccc(F)cc1F. The van der Waals surface area contributed by atoms with Crippen molar-refractivity contribution < 1.29 is 8.78 Å². The highest BCUT2D eigenvalue weighted by Gasteiger charge is 2.09. The minimum atomic E-state index is -0.559. The third kappa shape index (κ3) is 4.11. The number of hydrogen-bond donors (Lipinski definition) is 1. The van der Waals surface area contributed by atoms with Gasteiger partial charge in [0.05, 0.1) is 0 Å². The van der Waals surface area contributed by atoms with E-state index < -0.39 is 11.6 Å². The Labute approximate surface area is 95.0 Å². The summed E-state index contributed by atoms with van der Waals surface area (Å²) in [6.07, 6.45) is 2.04. The summed E-state index contributed by atoms with van der Waals surface area (Å²) in [7, 11) is 0. The number of hydrogen-bond acceptors (Lipinski definition) is 1. The largest absolute Gasteiger partial charge is 0.327 e. The van der Waals surface area contributed by atoms with Crippen LogP contribution in [-0.2, 0) is 6.42 Å². The van der Waals surface area contributed by atoms with Gasteiger partial charge in [-0.05, 0) is 37.8 Å². The van der Waals surface area contributed by atoms with Gasteiger partial charge in [-0.1, -0.05) is 11.6 Å². The van der Waals surface area contributed by atoms with Gasteiger partial charge in [0.15, 0.2) is 0 Å². The molecule has 1 rings (SSSR count). The van der Waals surface area contributed by atoms with Gasteiger partial charge in [0, 0.05) is 12.1 Å². The van der Waals surface area contributed by atoms with Crippen LogP contribution in [-0.4, -0.2) is 6.04 Å². The number of benzene rings is 1. The number of allylic oxidation sites excluding steroid dienone is 1. The molecule has 3 heteroatoms. The lowest BCUT2D eigenvalue weighted by Gasteiger charge is -2.12. The lowest BCUT2D eigenvalue weighted by atomic mass is 10.0. The molecule has 1 aromatic rings. The van der Waals surface area contributed by atoms with E-state index in [0.717, 1.165) is 24.5 Å². The molecular formula is C13H17F2N. The van der Waals surface area contributed by atoms with Crippen LogP contribution in [0.5, 0.6) is 0 Å². The van der Waals surface area contributed by atoms with Crippen LogP contribution < -0.4 is 5.73 Å². The Hall–Kier alpha value is -1.22. The maximum atomic E-state index is 13.3. The van der Waals surface area contributed by atoms with Crippen LogP contribution >= 0.6 is 0 Å². The summed E-state index contributed by atoms with van der Waals surface area (Å²) in [6, 6.07) is 3.48. The average Bonchev–Trinajstić information content (AvgIpc) is 2.19. The van der Waals surface area contributed by atoms with Crippen LogP contribution in [0.1, 0.15) is 25.3 Å². The van der Waals surface area contributed by atoms with Gasteiger partial charge in [-0.2, -0.15) is 0 Å². The molecule has 88 valence electrons. The molecule has 0 saturated heterocycles. The minimum Gasteiger partial charge on any atom is -0.327 e. The fourth-order valence-corrected chi connectivity index (χ4v) is 1.50. The predicted octanol–water partition coefficient (Wildman–Crippen LogP) is 3.19. The van der Waals surface area contributed by atoms with Gasteiger partial charge in [0.25, 0.3) is 0 Å². The standard InChI is InChI=1S/C13H17F2N/c1-9(2)3-6-12(16)7-10-4-5-11(14)8-13(10)15/h4-5,8,12H,1,3,6-7,16H2,2H3. The zero-order valence-electron chi connectivity index (χ0n) is 9.47. The van der Waals surface area contributed by atoms with Crippen molar-refractivity contribution in [2.24, 2.45) is 5.73 Å². The Balaban J connectivity index is 2.55. The van der Waals surface area contributed by atoms with E-state index in [4.69, 9.17) is 5.73 Å². The molecule has 2 N–H and O–H groups in total. The molecule has 0 aliphatic rings. The highest BCUT2D eigenvalue weighted by atomic mass is 19.1. The van der Waals surface area contributed by atoms with Crippen LogP contribution in [0.3, 0.4) is 0 Å². The molecule has 0 aliphatic carbocycles. The molecule has 1 atom stereocenters. The molecule has 0 bridgehead atoms. The van der Waals surface area contributed by atoms with Gasteiger partial charge in [-0.25, -0.2) is 8.78 Å². The zero-order chi connectivity index (χ0) is 12.1. The highest BCUT2D eigenvalue weighted by molar-refractivity contribution is 5.19. The lowest BCUT2D eigenvalue weighted by molar-refractivity contribution is 0.548. The molecule has 0 aliphatic heterocycles. The summed E-state index contributed by atoms with van der Waals surface area (Å²) in [5.74, 6) is -1.08. The number of rotatable bonds is 5. The van der Waals surface area contributed by atoms with Gasteiger partial charge in [-0.3, -0.25) is 0 Å². The molecule has 1 nitrogen and oxygen atoms in total. The summed E-state index contributed by atoms with van der Waals surface area (Å²) in [5.41, 5.74) is 7.39. The Morgan fingerprint density at radius 2 is 2.12 bits per heavy atom. The molecule has 1 aromatic carbocycles. The van der Waals surface area contributed by atoms with Crippen LogP contribution in [0, 0.1) is 11.6 Å².